The molecule has 0 saturated carbocycles. The SMILES string of the molecule is Nc1ccc(OCCCN2CCCCC2)nc1.O=C(O)C(=O)O.O=C(O)C(=O)O. The van der Waals surface area contributed by atoms with Crippen molar-refractivity contribution >= 4 is 29.6 Å². The maximum atomic E-state index is 9.10. The van der Waals surface area contributed by atoms with Gasteiger partial charge >= 0.3 is 23.9 Å². The minimum Gasteiger partial charge on any atom is -0.478 e. The van der Waals surface area contributed by atoms with Gasteiger partial charge in [0.2, 0.25) is 5.88 Å². The van der Waals surface area contributed by atoms with Gasteiger partial charge in [0.25, 0.3) is 0 Å². The highest BCUT2D eigenvalue weighted by molar-refractivity contribution is 6.27. The summed E-state index contributed by atoms with van der Waals surface area (Å²) in [6.07, 6.45) is 6.77. The van der Waals surface area contributed by atoms with Gasteiger partial charge in [-0.15, -0.1) is 0 Å². The normalized spacial score (nSPS) is 13.0. The van der Waals surface area contributed by atoms with Gasteiger partial charge in [0.15, 0.2) is 0 Å². The van der Waals surface area contributed by atoms with Crippen molar-refractivity contribution in [1.82, 2.24) is 9.88 Å². The van der Waals surface area contributed by atoms with Crippen molar-refractivity contribution in [3.05, 3.63) is 18.3 Å². The Hall–Kier alpha value is -3.41. The molecule has 1 aliphatic rings. The second-order valence-corrected chi connectivity index (χ2v) is 5.75. The fraction of sp³-hybridized carbons (Fsp3) is 0.471. The summed E-state index contributed by atoms with van der Waals surface area (Å²) in [6.45, 7) is 4.36. The Labute approximate surface area is 166 Å². The highest BCUT2D eigenvalue weighted by Gasteiger charge is 2.09. The number of carboxylic acid groups (broad SMARTS) is 4. The van der Waals surface area contributed by atoms with Gasteiger partial charge in [-0.3, -0.25) is 0 Å². The van der Waals surface area contributed by atoms with Crippen LogP contribution in [0.25, 0.3) is 0 Å². The fourth-order valence-corrected chi connectivity index (χ4v) is 2.13. The van der Waals surface area contributed by atoms with Gasteiger partial charge in [0.1, 0.15) is 0 Å². The molecule has 6 N–H and O–H groups in total. The molecular weight excluding hydrogens is 390 g/mol. The summed E-state index contributed by atoms with van der Waals surface area (Å²) in [7, 11) is 0. The number of ether oxygens (including phenoxy) is 1. The summed E-state index contributed by atoms with van der Waals surface area (Å²) in [6, 6.07) is 3.63. The third kappa shape index (κ3) is 14.3. The lowest BCUT2D eigenvalue weighted by molar-refractivity contribution is -0.159. The van der Waals surface area contributed by atoms with Crippen molar-refractivity contribution in [3.63, 3.8) is 0 Å². The van der Waals surface area contributed by atoms with Crippen LogP contribution in [-0.4, -0.2) is 80.4 Å². The number of aliphatic carboxylic acids is 4. The van der Waals surface area contributed by atoms with Gasteiger partial charge in [0.05, 0.1) is 18.5 Å². The molecule has 0 aliphatic carbocycles. The Morgan fingerprint density at radius 2 is 1.45 bits per heavy atom. The first kappa shape index (κ1) is 25.6. The molecule has 0 bridgehead atoms. The number of piperidine rings is 1. The molecule has 0 aromatic carbocycles. The number of aromatic nitrogens is 1. The molecule has 1 saturated heterocycles. The van der Waals surface area contributed by atoms with Crippen LogP contribution in [0.4, 0.5) is 5.69 Å². The average molecular weight is 415 g/mol. The number of nitrogen functional groups attached to an aromatic ring is 1. The molecule has 1 aromatic rings. The van der Waals surface area contributed by atoms with Crippen molar-refractivity contribution in [2.24, 2.45) is 0 Å². The molecule has 0 radical (unpaired) electrons. The van der Waals surface area contributed by atoms with Crippen molar-refractivity contribution in [1.29, 1.82) is 0 Å². The van der Waals surface area contributed by atoms with Gasteiger partial charge in [-0.2, -0.15) is 0 Å². The van der Waals surface area contributed by atoms with E-state index in [0.717, 1.165) is 19.6 Å². The summed E-state index contributed by atoms with van der Waals surface area (Å²) >= 11 is 0. The quantitative estimate of drug-likeness (QED) is 0.324. The lowest BCUT2D eigenvalue weighted by Crippen LogP contribution is -2.31. The summed E-state index contributed by atoms with van der Waals surface area (Å²) in [5, 5.41) is 29.6. The van der Waals surface area contributed by atoms with E-state index in [0.29, 0.717) is 11.6 Å². The van der Waals surface area contributed by atoms with E-state index in [9.17, 15) is 0 Å². The minimum atomic E-state index is -1.82. The van der Waals surface area contributed by atoms with Gasteiger partial charge in [-0.25, -0.2) is 24.2 Å². The van der Waals surface area contributed by atoms with E-state index < -0.39 is 23.9 Å². The minimum absolute atomic E-state index is 0.665. The zero-order chi connectivity index (χ0) is 22.2. The lowest BCUT2D eigenvalue weighted by atomic mass is 10.1. The molecule has 2 rings (SSSR count). The number of hydrogen-bond donors (Lipinski definition) is 5. The predicted molar refractivity (Wildman–Crippen MR) is 99.6 cm³/mol. The molecule has 12 nitrogen and oxygen atoms in total. The molecule has 29 heavy (non-hydrogen) atoms. The smallest absolute Gasteiger partial charge is 0.414 e. The van der Waals surface area contributed by atoms with E-state index in [-0.39, 0.29) is 0 Å². The first-order valence-electron chi connectivity index (χ1n) is 8.62. The Morgan fingerprint density at radius 3 is 1.86 bits per heavy atom. The standard InChI is InChI=1S/C13H21N3O.2C2H2O4/c14-12-5-6-13(15-11-12)17-10-4-9-16-7-2-1-3-8-16;2*3-1(4)2(5)6/h5-6,11H,1-4,7-10,14H2;2*(H,3,4)(H,5,6). The Morgan fingerprint density at radius 1 is 0.931 bits per heavy atom. The number of anilines is 1. The number of nitrogens with zero attached hydrogens (tertiary/aromatic N) is 2. The van der Waals surface area contributed by atoms with Crippen molar-refractivity contribution in [2.45, 2.75) is 25.7 Å². The van der Waals surface area contributed by atoms with Crippen molar-refractivity contribution < 1.29 is 44.3 Å². The highest BCUT2D eigenvalue weighted by Crippen LogP contribution is 2.10. The fourth-order valence-electron chi connectivity index (χ4n) is 2.13. The van der Waals surface area contributed by atoms with Gasteiger partial charge in [-0.1, -0.05) is 6.42 Å². The van der Waals surface area contributed by atoms with E-state index in [1.165, 1.54) is 32.4 Å². The van der Waals surface area contributed by atoms with Gasteiger partial charge in [-0.05, 0) is 38.4 Å². The maximum Gasteiger partial charge on any atom is 0.414 e. The van der Waals surface area contributed by atoms with Crippen LogP contribution in [-0.2, 0) is 19.2 Å². The predicted octanol–water partition coefficient (Wildman–Crippen LogP) is 0.230. The van der Waals surface area contributed by atoms with Gasteiger partial charge in [0, 0.05) is 12.6 Å². The second kappa shape index (κ2) is 14.6. The Kier molecular flexibility index (Phi) is 12.9. The topological polar surface area (TPSA) is 201 Å². The molecular formula is C17H25N3O9. The number of nitrogens with two attached hydrogens (primary N) is 1. The number of carboxylic acids is 4. The summed E-state index contributed by atoms with van der Waals surface area (Å²) in [5.41, 5.74) is 6.23. The number of pyridine rings is 1. The number of likely N-dealkylation sites (tertiary alicyclic amines) is 1. The van der Waals surface area contributed by atoms with E-state index in [4.69, 9.17) is 50.1 Å². The van der Waals surface area contributed by atoms with Crippen molar-refractivity contribution in [3.8, 4) is 5.88 Å². The third-order valence-electron chi connectivity index (χ3n) is 3.44. The molecule has 1 aliphatic heterocycles. The molecule has 2 heterocycles. The second-order valence-electron chi connectivity index (χ2n) is 5.75. The van der Waals surface area contributed by atoms with E-state index in [1.807, 2.05) is 12.1 Å². The van der Waals surface area contributed by atoms with Gasteiger partial charge < -0.3 is 35.8 Å². The molecule has 1 aromatic heterocycles. The summed E-state index contributed by atoms with van der Waals surface area (Å²) in [4.78, 5) is 43.0. The van der Waals surface area contributed by atoms with Crippen LogP contribution < -0.4 is 10.5 Å². The van der Waals surface area contributed by atoms with E-state index >= 15 is 0 Å². The van der Waals surface area contributed by atoms with Crippen LogP contribution in [0, 0.1) is 0 Å². The van der Waals surface area contributed by atoms with E-state index in [1.54, 1.807) is 6.20 Å². The Bertz CT molecular complexity index is 611. The average Bonchev–Trinajstić information content (AvgIpc) is 2.68. The highest BCUT2D eigenvalue weighted by atomic mass is 16.5. The molecule has 0 amide bonds. The summed E-state index contributed by atoms with van der Waals surface area (Å²) in [5.74, 6) is -6.63. The lowest BCUT2D eigenvalue weighted by Gasteiger charge is -2.26. The number of carbonyl (C=O) groups is 4. The molecule has 0 atom stereocenters. The monoisotopic (exact) mass is 415 g/mol. The van der Waals surface area contributed by atoms with Crippen LogP contribution in [0.3, 0.4) is 0 Å². The first-order valence-corrected chi connectivity index (χ1v) is 8.62. The zero-order valence-corrected chi connectivity index (χ0v) is 15.7. The molecule has 0 spiro atoms. The number of rotatable bonds is 5. The van der Waals surface area contributed by atoms with Crippen LogP contribution in [0.5, 0.6) is 5.88 Å². The van der Waals surface area contributed by atoms with Crippen molar-refractivity contribution in [2.75, 3.05) is 32.0 Å². The van der Waals surface area contributed by atoms with Crippen LogP contribution >= 0.6 is 0 Å². The zero-order valence-electron chi connectivity index (χ0n) is 15.7. The summed E-state index contributed by atoms with van der Waals surface area (Å²) < 4.78 is 5.56. The largest absolute Gasteiger partial charge is 0.478 e. The van der Waals surface area contributed by atoms with E-state index in [2.05, 4.69) is 9.88 Å². The Balaban J connectivity index is 0.000000542. The molecule has 0 unspecified atom stereocenters. The van der Waals surface area contributed by atoms with Crippen LogP contribution in [0.1, 0.15) is 25.7 Å². The van der Waals surface area contributed by atoms with Crippen LogP contribution in [0.2, 0.25) is 0 Å². The third-order valence-corrected chi connectivity index (χ3v) is 3.44. The molecule has 12 heteroatoms. The first-order chi connectivity index (χ1) is 13.6. The van der Waals surface area contributed by atoms with Crippen LogP contribution in [0.15, 0.2) is 18.3 Å². The number of hydrogen-bond acceptors (Lipinski definition) is 8. The maximum absolute atomic E-state index is 9.10. The molecule has 1 fully saturated rings. The molecule has 162 valence electrons.